The van der Waals surface area contributed by atoms with Crippen LogP contribution in [0.5, 0.6) is 5.75 Å². The summed E-state index contributed by atoms with van der Waals surface area (Å²) in [5.41, 5.74) is 7.14. The number of carbonyl (C=O) groups is 1. The van der Waals surface area contributed by atoms with E-state index in [-0.39, 0.29) is 28.7 Å². The largest absolute Gasteiger partial charge is 0.507 e. The number of aromatic hydroxyl groups is 1. The van der Waals surface area contributed by atoms with Gasteiger partial charge in [-0.05, 0) is 52.7 Å². The first-order valence-corrected chi connectivity index (χ1v) is 10.5. The molecule has 5 N–H and O–H groups in total. The van der Waals surface area contributed by atoms with Crippen LogP contribution >= 0.6 is 0 Å². The number of phenols is 1. The summed E-state index contributed by atoms with van der Waals surface area (Å²) in [5, 5.41) is 25.1. The molecule has 172 valence electrons. The number of nitrogens with two attached hydrogens (primary N) is 1. The van der Waals surface area contributed by atoms with E-state index >= 15 is 0 Å². The van der Waals surface area contributed by atoms with Gasteiger partial charge in [0, 0.05) is 42.3 Å². The Bertz CT molecular complexity index is 1000. The van der Waals surface area contributed by atoms with E-state index in [1.807, 2.05) is 7.05 Å². The minimum Gasteiger partial charge on any atom is -0.507 e. The molecule has 2 amide bonds. The Hall–Kier alpha value is -3.27. The maximum atomic E-state index is 11.4. The second-order valence-corrected chi connectivity index (χ2v) is 9.49. The fraction of sp³-hybridized carbons (Fsp3) is 0.500. The van der Waals surface area contributed by atoms with Crippen molar-refractivity contribution >= 4 is 17.8 Å². The molecular weight excluding hydrogens is 408 g/mol. The molecule has 3 rings (SSSR count). The van der Waals surface area contributed by atoms with Crippen LogP contribution in [0.15, 0.2) is 29.4 Å². The third-order valence-electron chi connectivity index (χ3n) is 5.59. The highest BCUT2D eigenvalue weighted by molar-refractivity contribution is 6.04. The van der Waals surface area contributed by atoms with Crippen molar-refractivity contribution < 1.29 is 9.90 Å². The topological polar surface area (TPSA) is 142 Å². The number of urea groups is 1. The number of piperidine rings is 1. The summed E-state index contributed by atoms with van der Waals surface area (Å²) in [4.78, 5) is 21.6. The molecule has 1 fully saturated rings. The van der Waals surface area contributed by atoms with E-state index in [1.54, 1.807) is 18.3 Å². The van der Waals surface area contributed by atoms with Gasteiger partial charge in [0.1, 0.15) is 17.3 Å². The number of amides is 2. The van der Waals surface area contributed by atoms with Crippen LogP contribution in [0.3, 0.4) is 0 Å². The maximum Gasteiger partial charge on any atom is 0.342 e. The Morgan fingerprint density at radius 2 is 1.91 bits per heavy atom. The lowest BCUT2D eigenvalue weighted by molar-refractivity contribution is 0.160. The minimum absolute atomic E-state index is 0.000187. The first-order valence-electron chi connectivity index (χ1n) is 10.5. The zero-order valence-corrected chi connectivity index (χ0v) is 19.5. The second kappa shape index (κ2) is 8.70. The van der Waals surface area contributed by atoms with Gasteiger partial charge in [-0.15, -0.1) is 10.2 Å². The minimum atomic E-state index is -0.568. The molecule has 1 saturated heterocycles. The summed E-state index contributed by atoms with van der Waals surface area (Å²) in [6, 6.07) is 4.42. The van der Waals surface area contributed by atoms with Gasteiger partial charge in [-0.1, -0.05) is 6.07 Å². The van der Waals surface area contributed by atoms with Crippen molar-refractivity contribution in [2.24, 2.45) is 10.7 Å². The van der Waals surface area contributed by atoms with Crippen LogP contribution in [0, 0.1) is 0 Å². The molecule has 1 aliphatic rings. The Kier molecular flexibility index (Phi) is 6.36. The van der Waals surface area contributed by atoms with Crippen LogP contribution in [0.4, 0.5) is 10.7 Å². The van der Waals surface area contributed by atoms with E-state index in [0.29, 0.717) is 22.8 Å². The molecule has 32 heavy (non-hydrogen) atoms. The number of nitrogens with zero attached hydrogens (tertiary/aromatic N) is 5. The molecule has 0 unspecified atom stereocenters. The van der Waals surface area contributed by atoms with Gasteiger partial charge >= 0.3 is 6.03 Å². The molecule has 10 heteroatoms. The van der Waals surface area contributed by atoms with Gasteiger partial charge in [0.05, 0.1) is 6.20 Å². The van der Waals surface area contributed by atoms with Gasteiger partial charge in [0.15, 0.2) is 0 Å². The van der Waals surface area contributed by atoms with E-state index in [2.05, 4.69) is 63.4 Å². The van der Waals surface area contributed by atoms with Gasteiger partial charge in [-0.25, -0.2) is 9.78 Å². The van der Waals surface area contributed by atoms with E-state index in [1.165, 1.54) is 13.1 Å². The fourth-order valence-electron chi connectivity index (χ4n) is 4.40. The maximum absolute atomic E-state index is 11.4. The Labute approximate surface area is 188 Å². The first kappa shape index (κ1) is 23.4. The third-order valence-corrected chi connectivity index (χ3v) is 5.59. The third kappa shape index (κ3) is 5.31. The molecule has 0 radical (unpaired) electrons. The van der Waals surface area contributed by atoms with Crippen molar-refractivity contribution in [3.63, 3.8) is 0 Å². The van der Waals surface area contributed by atoms with E-state index in [9.17, 15) is 9.90 Å². The Morgan fingerprint density at radius 1 is 1.25 bits per heavy atom. The van der Waals surface area contributed by atoms with Crippen LogP contribution < -0.4 is 21.3 Å². The van der Waals surface area contributed by atoms with E-state index in [4.69, 9.17) is 5.73 Å². The SMILES string of the molecule is CNC(=O)/N=C(\N)c1ccc(-c2cnc(N(C)C3CC(C)(C)NC(C)(C)C3)nn2)c(O)c1. The number of phenolic OH excluding ortho intramolecular Hbond substituents is 1. The van der Waals surface area contributed by atoms with Gasteiger partial charge in [-0.2, -0.15) is 4.99 Å². The number of hydrogen-bond donors (Lipinski definition) is 4. The number of amidine groups is 1. The lowest BCUT2D eigenvalue weighted by Crippen LogP contribution is -2.62. The molecule has 1 aromatic heterocycles. The zero-order chi connectivity index (χ0) is 23.7. The highest BCUT2D eigenvalue weighted by Gasteiger charge is 2.39. The average Bonchev–Trinajstić information content (AvgIpc) is 2.71. The number of hydrogen-bond acceptors (Lipinski definition) is 7. The van der Waals surface area contributed by atoms with Gasteiger partial charge in [0.25, 0.3) is 0 Å². The molecule has 10 nitrogen and oxygen atoms in total. The number of aliphatic imine (C=N–C) groups is 1. The molecule has 1 aliphatic heterocycles. The molecule has 2 aromatic rings. The van der Waals surface area contributed by atoms with Crippen LogP contribution in [0.2, 0.25) is 0 Å². The number of anilines is 1. The molecule has 2 heterocycles. The monoisotopic (exact) mass is 440 g/mol. The molecular formula is C22H32N8O2. The highest BCUT2D eigenvalue weighted by atomic mass is 16.3. The lowest BCUT2D eigenvalue weighted by Gasteiger charge is -2.48. The normalized spacial score (nSPS) is 18.2. The highest BCUT2D eigenvalue weighted by Crippen LogP contribution is 2.33. The van der Waals surface area contributed by atoms with Crippen molar-refractivity contribution in [1.29, 1.82) is 0 Å². The van der Waals surface area contributed by atoms with Crippen molar-refractivity contribution in [1.82, 2.24) is 25.8 Å². The van der Waals surface area contributed by atoms with Crippen LogP contribution in [0.25, 0.3) is 11.3 Å². The zero-order valence-electron chi connectivity index (χ0n) is 19.5. The Morgan fingerprint density at radius 3 is 2.44 bits per heavy atom. The van der Waals surface area contributed by atoms with Crippen molar-refractivity contribution in [3.05, 3.63) is 30.0 Å². The quantitative estimate of drug-likeness (QED) is 0.418. The second-order valence-electron chi connectivity index (χ2n) is 9.49. The predicted octanol–water partition coefficient (Wildman–Crippen LogP) is 2.03. The smallest absolute Gasteiger partial charge is 0.342 e. The molecule has 1 aromatic carbocycles. The lowest BCUT2D eigenvalue weighted by atomic mass is 9.79. The van der Waals surface area contributed by atoms with Crippen molar-refractivity contribution in [3.8, 4) is 17.0 Å². The van der Waals surface area contributed by atoms with Crippen molar-refractivity contribution in [2.45, 2.75) is 57.7 Å². The molecule has 0 saturated carbocycles. The van der Waals surface area contributed by atoms with Gasteiger partial charge in [-0.3, -0.25) is 0 Å². The Balaban J connectivity index is 1.80. The number of carbonyl (C=O) groups excluding carboxylic acids is 1. The van der Waals surface area contributed by atoms with Crippen LogP contribution in [0.1, 0.15) is 46.1 Å². The van der Waals surface area contributed by atoms with Gasteiger partial charge in [0.2, 0.25) is 5.95 Å². The summed E-state index contributed by atoms with van der Waals surface area (Å²) in [6.45, 7) is 8.82. The molecule has 0 atom stereocenters. The summed E-state index contributed by atoms with van der Waals surface area (Å²) >= 11 is 0. The standard InChI is InChI=1S/C22H32N8O2/c1-21(2)10-14(11-22(3,4)29-21)30(6)19-25-12-16(27-28-19)15-8-7-13(9-17(15)31)18(23)26-20(32)24-5/h7-9,12,14,29,31H,10-11H2,1-6H3,(H3,23,24,26,32). The number of rotatable bonds is 4. The molecule has 0 spiro atoms. The number of aromatic nitrogens is 3. The summed E-state index contributed by atoms with van der Waals surface area (Å²) in [5.74, 6) is 0.474. The fourth-order valence-corrected chi connectivity index (χ4v) is 4.40. The predicted molar refractivity (Wildman–Crippen MR) is 125 cm³/mol. The average molecular weight is 441 g/mol. The van der Waals surface area contributed by atoms with Crippen LogP contribution in [-0.2, 0) is 0 Å². The van der Waals surface area contributed by atoms with Crippen LogP contribution in [-0.4, -0.2) is 63.4 Å². The summed E-state index contributed by atoms with van der Waals surface area (Å²) in [7, 11) is 3.44. The van der Waals surface area contributed by atoms with E-state index in [0.717, 1.165) is 12.8 Å². The molecule has 0 bridgehead atoms. The number of nitrogens with one attached hydrogen (secondary N) is 2. The molecule has 0 aliphatic carbocycles. The first-order chi connectivity index (χ1) is 14.9. The summed E-state index contributed by atoms with van der Waals surface area (Å²) < 4.78 is 0. The van der Waals surface area contributed by atoms with Gasteiger partial charge < -0.3 is 26.4 Å². The van der Waals surface area contributed by atoms with Crippen molar-refractivity contribution in [2.75, 3.05) is 19.0 Å². The van der Waals surface area contributed by atoms with E-state index < -0.39 is 6.03 Å². The summed E-state index contributed by atoms with van der Waals surface area (Å²) in [6.07, 6.45) is 3.51. The number of benzene rings is 1.